The molecule has 2 saturated heterocycles. The minimum Gasteiger partial charge on any atom is -0.490 e. The van der Waals surface area contributed by atoms with Gasteiger partial charge in [0.2, 0.25) is 0 Å². The molecule has 2 aromatic heterocycles. The summed E-state index contributed by atoms with van der Waals surface area (Å²) in [6.45, 7) is 3.99. The van der Waals surface area contributed by atoms with Crippen molar-refractivity contribution in [3.63, 3.8) is 0 Å². The van der Waals surface area contributed by atoms with E-state index in [0.29, 0.717) is 22.7 Å². The van der Waals surface area contributed by atoms with Crippen LogP contribution in [0.1, 0.15) is 62.3 Å². The molecule has 2 bridgehead atoms. The maximum absolute atomic E-state index is 13.3. The predicted molar refractivity (Wildman–Crippen MR) is 140 cm³/mol. The Labute approximate surface area is 210 Å². The number of hydrogen-bond donors (Lipinski definition) is 1. The van der Waals surface area contributed by atoms with Gasteiger partial charge in [0.15, 0.2) is 0 Å². The Morgan fingerprint density at radius 2 is 1.91 bits per heavy atom. The van der Waals surface area contributed by atoms with Gasteiger partial charge in [-0.1, -0.05) is 0 Å². The number of benzene rings is 1. The van der Waals surface area contributed by atoms with Gasteiger partial charge in [-0.25, -0.2) is 4.98 Å². The van der Waals surface area contributed by atoms with Gasteiger partial charge in [-0.3, -0.25) is 9.36 Å². The predicted octanol–water partition coefficient (Wildman–Crippen LogP) is 4.85. The van der Waals surface area contributed by atoms with Crippen LogP contribution in [0.4, 0.5) is 0 Å². The summed E-state index contributed by atoms with van der Waals surface area (Å²) < 4.78 is 8.75. The zero-order valence-corrected chi connectivity index (χ0v) is 21.7. The van der Waals surface area contributed by atoms with Gasteiger partial charge in [-0.05, 0) is 108 Å². The van der Waals surface area contributed by atoms with E-state index in [1.807, 2.05) is 38.1 Å². The molecule has 1 saturated carbocycles. The minimum atomic E-state index is -0.613. The van der Waals surface area contributed by atoms with Crippen LogP contribution in [0.2, 0.25) is 0 Å². The molecule has 3 aromatic rings. The summed E-state index contributed by atoms with van der Waals surface area (Å²) in [6, 6.07) is 9.28. The molecule has 0 amide bonds. The second-order valence-corrected chi connectivity index (χ2v) is 12.3. The number of fused-ring (bicyclic) bond motifs is 3. The molecule has 1 N–H and O–H groups in total. The number of thiophene rings is 1. The molecular formula is C28H35N3O3S. The van der Waals surface area contributed by atoms with Gasteiger partial charge < -0.3 is 14.7 Å². The number of ether oxygens (including phenoxy) is 1. The number of piperidine rings is 1. The van der Waals surface area contributed by atoms with Gasteiger partial charge in [0.1, 0.15) is 22.9 Å². The van der Waals surface area contributed by atoms with Crippen molar-refractivity contribution in [3.8, 4) is 11.4 Å². The quantitative estimate of drug-likeness (QED) is 0.510. The zero-order chi connectivity index (χ0) is 24.3. The van der Waals surface area contributed by atoms with Gasteiger partial charge >= 0.3 is 0 Å². The van der Waals surface area contributed by atoms with Gasteiger partial charge in [0.05, 0.1) is 16.8 Å². The molecule has 186 valence electrons. The summed E-state index contributed by atoms with van der Waals surface area (Å²) in [5.41, 5.74) is 1.93. The SMILES string of the molecule is Cc1cc(-n2cnc3cc(CCC(C)(O)C4CC4)sc3c2=O)ccc1O[C@H]1C[C@H]2CC[C@@H](C1)N2C. The van der Waals surface area contributed by atoms with Crippen molar-refractivity contribution in [1.82, 2.24) is 14.5 Å². The molecule has 1 aliphatic carbocycles. The van der Waals surface area contributed by atoms with Crippen LogP contribution in [0.5, 0.6) is 5.75 Å². The Morgan fingerprint density at radius 1 is 1.17 bits per heavy atom. The van der Waals surface area contributed by atoms with E-state index in [2.05, 4.69) is 16.9 Å². The number of nitrogens with zero attached hydrogens (tertiary/aromatic N) is 3. The highest BCUT2D eigenvalue weighted by molar-refractivity contribution is 7.18. The van der Waals surface area contributed by atoms with Crippen LogP contribution in [0.15, 0.2) is 35.4 Å². The molecule has 1 unspecified atom stereocenters. The summed E-state index contributed by atoms with van der Waals surface area (Å²) in [4.78, 5) is 21.5. The van der Waals surface area contributed by atoms with Crippen LogP contribution in [0.3, 0.4) is 0 Å². The highest BCUT2D eigenvalue weighted by Crippen LogP contribution is 2.42. The third-order valence-corrected chi connectivity index (χ3v) is 9.78. The summed E-state index contributed by atoms with van der Waals surface area (Å²) in [6.07, 6.45) is 10.4. The van der Waals surface area contributed by atoms with Gasteiger partial charge in [0, 0.05) is 17.0 Å². The van der Waals surface area contributed by atoms with E-state index in [-0.39, 0.29) is 11.7 Å². The minimum absolute atomic E-state index is 0.0415. The summed E-state index contributed by atoms with van der Waals surface area (Å²) in [7, 11) is 2.25. The first-order valence-electron chi connectivity index (χ1n) is 13.0. The molecule has 3 fully saturated rings. The lowest BCUT2D eigenvalue weighted by Crippen LogP contribution is -2.43. The van der Waals surface area contributed by atoms with Crippen LogP contribution < -0.4 is 10.3 Å². The third kappa shape index (κ3) is 4.43. The molecule has 3 aliphatic rings. The van der Waals surface area contributed by atoms with Crippen molar-refractivity contribution in [2.45, 2.75) is 89.0 Å². The maximum atomic E-state index is 13.3. The van der Waals surface area contributed by atoms with Crippen molar-refractivity contribution in [3.05, 3.63) is 51.4 Å². The molecule has 6 rings (SSSR count). The van der Waals surface area contributed by atoms with Gasteiger partial charge in [-0.15, -0.1) is 11.3 Å². The average molecular weight is 494 g/mol. The number of rotatable bonds is 7. The lowest BCUT2D eigenvalue weighted by atomic mass is 9.94. The summed E-state index contributed by atoms with van der Waals surface area (Å²) >= 11 is 1.51. The fourth-order valence-electron chi connectivity index (χ4n) is 6.11. The van der Waals surface area contributed by atoms with Crippen molar-refractivity contribution in [1.29, 1.82) is 0 Å². The normalized spacial score (nSPS) is 26.2. The van der Waals surface area contributed by atoms with Crippen molar-refractivity contribution < 1.29 is 9.84 Å². The highest BCUT2D eigenvalue weighted by atomic mass is 32.1. The summed E-state index contributed by atoms with van der Waals surface area (Å²) in [5.74, 6) is 1.34. The van der Waals surface area contributed by atoms with Crippen LogP contribution in [-0.2, 0) is 6.42 Å². The number of aromatic nitrogens is 2. The molecule has 0 spiro atoms. The first-order valence-corrected chi connectivity index (χ1v) is 13.8. The fourth-order valence-corrected chi connectivity index (χ4v) is 7.15. The lowest BCUT2D eigenvalue weighted by Gasteiger charge is -2.36. The molecule has 35 heavy (non-hydrogen) atoms. The highest BCUT2D eigenvalue weighted by Gasteiger charge is 2.40. The van der Waals surface area contributed by atoms with E-state index in [0.717, 1.165) is 65.9 Å². The number of aliphatic hydroxyl groups is 1. The van der Waals surface area contributed by atoms with Crippen molar-refractivity contribution in [2.75, 3.05) is 7.05 Å². The molecule has 1 aromatic carbocycles. The molecule has 4 heterocycles. The Hall–Kier alpha value is -2.22. The first kappa shape index (κ1) is 23.2. The smallest absolute Gasteiger partial charge is 0.275 e. The van der Waals surface area contributed by atoms with E-state index in [1.165, 1.54) is 24.2 Å². The van der Waals surface area contributed by atoms with Crippen molar-refractivity contribution in [2.24, 2.45) is 5.92 Å². The van der Waals surface area contributed by atoms with Crippen LogP contribution in [-0.4, -0.2) is 50.4 Å². The average Bonchev–Trinajstić information content (AvgIpc) is 3.57. The second kappa shape index (κ2) is 8.71. The van der Waals surface area contributed by atoms with Gasteiger partial charge in [0.25, 0.3) is 5.56 Å². The Morgan fingerprint density at radius 3 is 2.60 bits per heavy atom. The Balaban J connectivity index is 1.20. The molecule has 6 nitrogen and oxygen atoms in total. The van der Waals surface area contributed by atoms with E-state index in [4.69, 9.17) is 4.74 Å². The third-order valence-electron chi connectivity index (χ3n) is 8.61. The van der Waals surface area contributed by atoms with Crippen LogP contribution >= 0.6 is 11.3 Å². The van der Waals surface area contributed by atoms with Crippen LogP contribution in [0.25, 0.3) is 15.9 Å². The zero-order valence-electron chi connectivity index (χ0n) is 20.9. The van der Waals surface area contributed by atoms with E-state index < -0.39 is 5.60 Å². The molecule has 4 atom stereocenters. The largest absolute Gasteiger partial charge is 0.490 e. The van der Waals surface area contributed by atoms with E-state index in [9.17, 15) is 9.90 Å². The molecule has 7 heteroatoms. The maximum Gasteiger partial charge on any atom is 0.275 e. The van der Waals surface area contributed by atoms with E-state index in [1.54, 1.807) is 10.9 Å². The lowest BCUT2D eigenvalue weighted by molar-refractivity contribution is 0.0286. The topological polar surface area (TPSA) is 67.6 Å². The van der Waals surface area contributed by atoms with E-state index >= 15 is 0 Å². The molecular weight excluding hydrogens is 458 g/mol. The van der Waals surface area contributed by atoms with Crippen molar-refractivity contribution >= 4 is 21.6 Å². The van der Waals surface area contributed by atoms with Crippen LogP contribution in [0, 0.1) is 12.8 Å². The monoisotopic (exact) mass is 493 g/mol. The fraction of sp³-hybridized carbons (Fsp3) is 0.571. The molecule has 2 aliphatic heterocycles. The number of hydrogen-bond acceptors (Lipinski definition) is 6. The summed E-state index contributed by atoms with van der Waals surface area (Å²) in [5, 5.41) is 10.6. The second-order valence-electron chi connectivity index (χ2n) is 11.2. The van der Waals surface area contributed by atoms with Gasteiger partial charge in [-0.2, -0.15) is 0 Å². The first-order chi connectivity index (χ1) is 16.8. The Bertz CT molecular complexity index is 1290. The Kier molecular flexibility index (Phi) is 5.78. The number of aryl methyl sites for hydroxylation is 2. The standard InChI is InChI=1S/C28H35N3O3S/c1-17-12-21(8-9-25(17)34-22-13-19-6-7-20(14-22)30(19)3)31-16-29-24-15-23(35-26(24)27(31)32)10-11-28(2,33)18-4-5-18/h8-9,12,15-16,18-20,22,33H,4-7,10-11,13-14H2,1-3H3/t19-,20+,22+,28?. The molecule has 0 radical (unpaired) electrons.